The molecule has 0 radical (unpaired) electrons. The number of pyridine rings is 1. The van der Waals surface area contributed by atoms with E-state index in [0.29, 0.717) is 18.9 Å². The van der Waals surface area contributed by atoms with Crippen molar-refractivity contribution in [3.8, 4) is 0 Å². The first kappa shape index (κ1) is 23.5. The molecule has 4 N–H and O–H groups in total. The molecule has 182 valence electrons. The number of unbranched alkanes of at least 4 members (excludes halogenated alkanes) is 2. The Labute approximate surface area is 203 Å². The van der Waals surface area contributed by atoms with Crippen LogP contribution in [0, 0.1) is 6.92 Å². The fourth-order valence-electron chi connectivity index (χ4n) is 4.34. The van der Waals surface area contributed by atoms with Crippen LogP contribution in [-0.4, -0.2) is 27.1 Å². The molecule has 4 rings (SSSR count). The molecular formula is C27H38N6O. The molecule has 7 heteroatoms. The van der Waals surface area contributed by atoms with Gasteiger partial charge in [-0.15, -0.1) is 0 Å². The predicted molar refractivity (Wildman–Crippen MR) is 143 cm³/mol. The average molecular weight is 463 g/mol. The summed E-state index contributed by atoms with van der Waals surface area (Å²) in [5.74, 6) is 1.54. The summed E-state index contributed by atoms with van der Waals surface area (Å²) in [5.41, 5.74) is 11.3. The van der Waals surface area contributed by atoms with E-state index in [1.807, 2.05) is 43.3 Å². The first-order chi connectivity index (χ1) is 16.6. The van der Waals surface area contributed by atoms with Gasteiger partial charge in [-0.3, -0.25) is 0 Å². The number of hydrogen-bond acceptors (Lipinski definition) is 4. The van der Waals surface area contributed by atoms with E-state index in [1.54, 1.807) is 0 Å². The summed E-state index contributed by atoms with van der Waals surface area (Å²) in [4.78, 5) is 21.6. The molecule has 4 aromatic rings. The number of amides is 2. The Morgan fingerprint density at radius 2 is 1.91 bits per heavy atom. The first-order valence-corrected chi connectivity index (χ1v) is 12.2. The number of nitrogens with zero attached hydrogens (tertiary/aromatic N) is 3. The maximum atomic E-state index is 12.2. The molecule has 0 aliphatic carbocycles. The number of aryl methyl sites for hydroxylation is 3. The molecule has 0 unspecified atom stereocenters. The molecule has 0 spiro atoms. The van der Waals surface area contributed by atoms with Gasteiger partial charge in [0.05, 0.1) is 11.0 Å². The maximum Gasteiger partial charge on any atom is 0.315 e. The summed E-state index contributed by atoms with van der Waals surface area (Å²) in [5, 5.41) is 6.97. The number of nitrogen functional groups attached to an aromatic ring is 1. The Hall–Kier alpha value is -3.61. The Morgan fingerprint density at radius 1 is 1.06 bits per heavy atom. The van der Waals surface area contributed by atoms with Crippen molar-refractivity contribution in [1.82, 2.24) is 25.2 Å². The highest BCUT2D eigenvalue weighted by molar-refractivity contribution is 6.06. The van der Waals surface area contributed by atoms with E-state index in [4.69, 9.17) is 10.7 Å². The number of para-hydroxylation sites is 1. The van der Waals surface area contributed by atoms with E-state index in [-0.39, 0.29) is 8.88 Å². The molecule has 0 saturated carbocycles. The van der Waals surface area contributed by atoms with Crippen molar-refractivity contribution in [2.45, 2.75) is 59.0 Å². The summed E-state index contributed by atoms with van der Waals surface area (Å²) in [6, 6.07) is 16.1. The molecule has 0 fully saturated rings. The summed E-state index contributed by atoms with van der Waals surface area (Å²) >= 11 is 0. The molecule has 0 aliphatic heterocycles. The van der Waals surface area contributed by atoms with E-state index in [9.17, 15) is 4.79 Å². The van der Waals surface area contributed by atoms with E-state index < -0.39 is 0 Å². The Morgan fingerprint density at radius 3 is 2.74 bits per heavy atom. The van der Waals surface area contributed by atoms with Crippen molar-refractivity contribution in [3.05, 3.63) is 65.5 Å². The van der Waals surface area contributed by atoms with Crippen LogP contribution in [0.25, 0.3) is 21.9 Å². The molecule has 2 amide bonds. The number of carbonyl (C=O) groups excluding carboxylic acids is 1. The van der Waals surface area contributed by atoms with Crippen LogP contribution in [0.4, 0.5) is 10.6 Å². The second-order valence-electron chi connectivity index (χ2n) is 8.80. The monoisotopic (exact) mass is 462 g/mol. The van der Waals surface area contributed by atoms with Gasteiger partial charge >= 0.3 is 6.03 Å². The smallest absolute Gasteiger partial charge is 0.315 e. The largest absolute Gasteiger partial charge is 0.382 e. The van der Waals surface area contributed by atoms with Crippen LogP contribution in [0.15, 0.2) is 48.5 Å². The fourth-order valence-corrected chi connectivity index (χ4v) is 4.34. The lowest BCUT2D eigenvalue weighted by atomic mass is 10.1. The second-order valence-corrected chi connectivity index (χ2v) is 8.80. The van der Waals surface area contributed by atoms with Crippen molar-refractivity contribution in [2.75, 3.05) is 12.3 Å². The minimum Gasteiger partial charge on any atom is -0.382 e. The number of anilines is 1. The van der Waals surface area contributed by atoms with Gasteiger partial charge in [0.15, 0.2) is 5.82 Å². The molecule has 0 atom stereocenters. The number of nitrogens with one attached hydrogen (secondary N) is 2. The van der Waals surface area contributed by atoms with Crippen molar-refractivity contribution in [2.24, 2.45) is 0 Å². The lowest BCUT2D eigenvalue weighted by Crippen LogP contribution is -2.35. The average Bonchev–Trinajstić information content (AvgIpc) is 3.20. The number of carbonyl (C=O) groups is 1. The SMILES string of the molecule is CCCCc1nc2c(N)nc3ccccc3c2n1CCCCNC(=O)NCc1cccc(C)c1.[HH].[HH]. The third-order valence-corrected chi connectivity index (χ3v) is 6.07. The lowest BCUT2D eigenvalue weighted by molar-refractivity contribution is 0.240. The standard InChI is InChI=1S/C27H34N6O.2H2/c1-3-4-14-23-32-24-25(21-12-5-6-13-22(21)31-26(24)28)33(23)16-8-7-15-29-27(34)30-18-20-11-9-10-19(2)17-20;;/h5-6,9-13,17H,3-4,7-8,14-16,18H2,1-2H3,(H2,28,31)(H2,29,30,34);2*1H. The second kappa shape index (κ2) is 11.0. The highest BCUT2D eigenvalue weighted by Gasteiger charge is 2.16. The number of nitrogens with two attached hydrogens (primary N) is 1. The first-order valence-electron chi connectivity index (χ1n) is 12.2. The number of urea groups is 1. The normalized spacial score (nSPS) is 11.2. The maximum absolute atomic E-state index is 12.2. The highest BCUT2D eigenvalue weighted by Crippen LogP contribution is 2.29. The van der Waals surface area contributed by atoms with E-state index in [0.717, 1.165) is 72.0 Å². The topological polar surface area (TPSA) is 97.9 Å². The predicted octanol–water partition coefficient (Wildman–Crippen LogP) is 5.59. The van der Waals surface area contributed by atoms with Crippen molar-refractivity contribution in [1.29, 1.82) is 0 Å². The van der Waals surface area contributed by atoms with Crippen LogP contribution in [-0.2, 0) is 19.5 Å². The number of aromatic nitrogens is 3. The van der Waals surface area contributed by atoms with Gasteiger partial charge in [-0.1, -0.05) is 61.4 Å². The molecule has 34 heavy (non-hydrogen) atoms. The Kier molecular flexibility index (Phi) is 7.62. The number of rotatable bonds is 10. The van der Waals surface area contributed by atoms with Gasteiger partial charge in [-0.25, -0.2) is 14.8 Å². The van der Waals surface area contributed by atoms with Crippen LogP contribution in [0.3, 0.4) is 0 Å². The lowest BCUT2D eigenvalue weighted by Gasteiger charge is -2.12. The van der Waals surface area contributed by atoms with Gasteiger partial charge in [-0.2, -0.15) is 0 Å². The van der Waals surface area contributed by atoms with Gasteiger partial charge in [0.2, 0.25) is 0 Å². The minimum absolute atomic E-state index is 0. The van der Waals surface area contributed by atoms with E-state index in [2.05, 4.69) is 39.2 Å². The molecule has 7 nitrogen and oxygen atoms in total. The summed E-state index contributed by atoms with van der Waals surface area (Å²) < 4.78 is 2.31. The molecule has 2 aromatic carbocycles. The van der Waals surface area contributed by atoms with Crippen LogP contribution in [0.5, 0.6) is 0 Å². The Balaban J connectivity index is 0.00000228. The van der Waals surface area contributed by atoms with Crippen LogP contribution in [0.2, 0.25) is 0 Å². The molecule has 0 saturated heterocycles. The summed E-state index contributed by atoms with van der Waals surface area (Å²) in [6.45, 7) is 6.22. The number of hydrogen-bond donors (Lipinski definition) is 3. The number of fused-ring (bicyclic) bond motifs is 3. The highest BCUT2D eigenvalue weighted by atomic mass is 16.2. The zero-order valence-corrected chi connectivity index (χ0v) is 20.1. The van der Waals surface area contributed by atoms with Crippen LogP contribution in [0.1, 0.15) is 52.4 Å². The zero-order chi connectivity index (χ0) is 23.9. The van der Waals surface area contributed by atoms with Crippen molar-refractivity contribution >= 4 is 33.8 Å². The Bertz CT molecular complexity index is 1290. The quantitative estimate of drug-likeness (QED) is 0.268. The summed E-state index contributed by atoms with van der Waals surface area (Å²) in [7, 11) is 0. The molecule has 0 aliphatic rings. The van der Waals surface area contributed by atoms with E-state index in [1.165, 1.54) is 5.56 Å². The summed E-state index contributed by atoms with van der Waals surface area (Å²) in [6.07, 6.45) is 4.91. The number of benzene rings is 2. The third-order valence-electron chi connectivity index (χ3n) is 6.07. The van der Waals surface area contributed by atoms with Crippen LogP contribution < -0.4 is 16.4 Å². The van der Waals surface area contributed by atoms with Gasteiger partial charge in [0.25, 0.3) is 0 Å². The zero-order valence-electron chi connectivity index (χ0n) is 20.1. The van der Waals surface area contributed by atoms with E-state index >= 15 is 0 Å². The fraction of sp³-hybridized carbons (Fsp3) is 0.370. The molecule has 2 heterocycles. The van der Waals surface area contributed by atoms with Crippen LogP contribution >= 0.6 is 0 Å². The minimum atomic E-state index is -0.136. The van der Waals surface area contributed by atoms with Crippen molar-refractivity contribution in [3.63, 3.8) is 0 Å². The molecule has 0 bridgehead atoms. The number of imidazole rings is 1. The third kappa shape index (κ3) is 5.47. The molecule has 2 aromatic heterocycles. The van der Waals surface area contributed by atoms with Gasteiger partial charge < -0.3 is 20.9 Å². The van der Waals surface area contributed by atoms with Crippen molar-refractivity contribution < 1.29 is 7.65 Å². The van der Waals surface area contributed by atoms with Gasteiger partial charge in [0, 0.05) is 34.3 Å². The molecular weight excluding hydrogens is 424 g/mol. The van der Waals surface area contributed by atoms with Gasteiger partial charge in [-0.05, 0) is 37.8 Å². The van der Waals surface area contributed by atoms with Gasteiger partial charge in [0.1, 0.15) is 11.3 Å².